The minimum Gasteiger partial charge on any atom is -0.488 e. The zero-order valence-electron chi connectivity index (χ0n) is 13.0. The highest BCUT2D eigenvalue weighted by atomic mass is 35.5. The number of benzene rings is 3. The molecule has 0 saturated heterocycles. The number of halogens is 2. The van der Waals surface area contributed by atoms with Crippen molar-refractivity contribution in [1.82, 2.24) is 0 Å². The van der Waals surface area contributed by atoms with Gasteiger partial charge in [0.05, 0.1) is 0 Å². The van der Waals surface area contributed by atoms with Gasteiger partial charge in [-0.05, 0) is 35.4 Å². The van der Waals surface area contributed by atoms with Crippen LogP contribution in [-0.2, 0) is 13.2 Å². The van der Waals surface area contributed by atoms with E-state index >= 15 is 0 Å². The molecule has 4 heteroatoms. The Morgan fingerprint density at radius 1 is 0.875 bits per heavy atom. The monoisotopic (exact) mass is 341 g/mol. The van der Waals surface area contributed by atoms with Gasteiger partial charge in [-0.3, -0.25) is 0 Å². The average molecular weight is 342 g/mol. The highest BCUT2D eigenvalue weighted by Gasteiger charge is 2.13. The normalized spacial score (nSPS) is 10.6. The van der Waals surface area contributed by atoms with Crippen LogP contribution in [0.5, 0.6) is 5.75 Å². The van der Waals surface area contributed by atoms with Crippen LogP contribution in [0.2, 0.25) is 5.02 Å². The Balaban J connectivity index is 1.98. The molecule has 0 heterocycles. The largest absolute Gasteiger partial charge is 0.488 e. The van der Waals surface area contributed by atoms with E-state index in [4.69, 9.17) is 22.1 Å². The van der Waals surface area contributed by atoms with Crippen LogP contribution < -0.4 is 10.5 Å². The molecule has 0 aliphatic rings. The summed E-state index contributed by atoms with van der Waals surface area (Å²) < 4.78 is 20.2. The van der Waals surface area contributed by atoms with Crippen molar-refractivity contribution in [3.05, 3.63) is 88.7 Å². The summed E-state index contributed by atoms with van der Waals surface area (Å²) in [6, 6.07) is 19.8. The van der Waals surface area contributed by atoms with Gasteiger partial charge >= 0.3 is 0 Å². The van der Waals surface area contributed by atoms with Crippen LogP contribution in [0.15, 0.2) is 66.7 Å². The van der Waals surface area contributed by atoms with Gasteiger partial charge in [-0.15, -0.1) is 0 Å². The Morgan fingerprint density at radius 3 is 2.42 bits per heavy atom. The summed E-state index contributed by atoms with van der Waals surface area (Å²) in [7, 11) is 0. The molecule has 2 N–H and O–H groups in total. The molecule has 3 aromatic rings. The molecule has 0 aliphatic carbocycles. The lowest BCUT2D eigenvalue weighted by Crippen LogP contribution is -2.01. The van der Waals surface area contributed by atoms with E-state index in [1.54, 1.807) is 6.07 Å². The van der Waals surface area contributed by atoms with Gasteiger partial charge < -0.3 is 10.5 Å². The number of ether oxygens (including phenoxy) is 1. The molecule has 0 aromatic heterocycles. The van der Waals surface area contributed by atoms with Crippen molar-refractivity contribution in [2.45, 2.75) is 13.2 Å². The molecule has 0 bridgehead atoms. The fourth-order valence-electron chi connectivity index (χ4n) is 2.47. The number of rotatable bonds is 5. The minimum atomic E-state index is -0.343. The van der Waals surface area contributed by atoms with Gasteiger partial charge in [0.1, 0.15) is 18.2 Å². The molecule has 0 unspecified atom stereocenters. The maximum atomic E-state index is 14.2. The van der Waals surface area contributed by atoms with Gasteiger partial charge in [-0.1, -0.05) is 54.1 Å². The summed E-state index contributed by atoms with van der Waals surface area (Å²) >= 11 is 6.02. The van der Waals surface area contributed by atoms with Crippen molar-refractivity contribution in [3.63, 3.8) is 0 Å². The molecule has 0 saturated carbocycles. The molecule has 122 valence electrons. The average Bonchev–Trinajstić information content (AvgIpc) is 2.62. The summed E-state index contributed by atoms with van der Waals surface area (Å²) in [5, 5.41) is 0.475. The minimum absolute atomic E-state index is 0.343. The number of hydrogen-bond donors (Lipinski definition) is 1. The van der Waals surface area contributed by atoms with Crippen LogP contribution in [0.25, 0.3) is 11.1 Å². The zero-order chi connectivity index (χ0) is 16.9. The first-order chi connectivity index (χ1) is 11.7. The molecule has 2 nitrogen and oxygen atoms in total. The fraction of sp³-hybridized carbons (Fsp3) is 0.100. The van der Waals surface area contributed by atoms with E-state index in [-0.39, 0.29) is 5.82 Å². The van der Waals surface area contributed by atoms with E-state index in [9.17, 15) is 4.39 Å². The molecule has 0 aliphatic heterocycles. The van der Waals surface area contributed by atoms with Crippen LogP contribution in [0.4, 0.5) is 4.39 Å². The molecule has 0 radical (unpaired) electrons. The molecular formula is C20H17ClFNO. The summed E-state index contributed by atoms with van der Waals surface area (Å²) in [5.74, 6) is 0.243. The molecule has 24 heavy (non-hydrogen) atoms. The summed E-state index contributed by atoms with van der Waals surface area (Å²) in [6.45, 7) is 0.782. The van der Waals surface area contributed by atoms with E-state index in [0.29, 0.717) is 35.1 Å². The Hall–Kier alpha value is -2.36. The molecule has 3 aromatic carbocycles. The van der Waals surface area contributed by atoms with Crippen molar-refractivity contribution in [3.8, 4) is 16.9 Å². The molecular weight excluding hydrogens is 325 g/mol. The molecule has 0 spiro atoms. The van der Waals surface area contributed by atoms with E-state index in [2.05, 4.69) is 0 Å². The maximum absolute atomic E-state index is 14.2. The fourth-order valence-corrected chi connectivity index (χ4v) is 2.65. The van der Waals surface area contributed by atoms with Crippen molar-refractivity contribution in [2.75, 3.05) is 0 Å². The third-order valence-corrected chi connectivity index (χ3v) is 3.97. The second kappa shape index (κ2) is 7.47. The van der Waals surface area contributed by atoms with Crippen LogP contribution in [0, 0.1) is 5.82 Å². The van der Waals surface area contributed by atoms with Gasteiger partial charge in [-0.2, -0.15) is 0 Å². The van der Waals surface area contributed by atoms with Crippen LogP contribution in [0.3, 0.4) is 0 Å². The highest BCUT2D eigenvalue weighted by molar-refractivity contribution is 6.30. The smallest absolute Gasteiger partial charge is 0.131 e. The highest BCUT2D eigenvalue weighted by Crippen LogP contribution is 2.34. The van der Waals surface area contributed by atoms with E-state index in [1.165, 1.54) is 12.1 Å². The SMILES string of the molecule is NCc1ccc(-c2cc(Cl)ccc2F)c(OCc2ccccc2)c1. The quantitative estimate of drug-likeness (QED) is 0.693. The van der Waals surface area contributed by atoms with Crippen LogP contribution in [0.1, 0.15) is 11.1 Å². The van der Waals surface area contributed by atoms with Crippen molar-refractivity contribution in [2.24, 2.45) is 5.73 Å². The van der Waals surface area contributed by atoms with Gasteiger partial charge in [-0.25, -0.2) is 4.39 Å². The second-order valence-corrected chi connectivity index (χ2v) is 5.87. The van der Waals surface area contributed by atoms with Crippen molar-refractivity contribution >= 4 is 11.6 Å². The predicted molar refractivity (Wildman–Crippen MR) is 95.5 cm³/mol. The van der Waals surface area contributed by atoms with Gasteiger partial charge in [0.2, 0.25) is 0 Å². The topological polar surface area (TPSA) is 35.2 Å². The molecule has 0 amide bonds. The Kier molecular flexibility index (Phi) is 5.14. The standard InChI is InChI=1S/C20H17ClFNO/c21-16-7-9-19(22)18(11-16)17-8-6-15(12-23)10-20(17)24-13-14-4-2-1-3-5-14/h1-11H,12-13,23H2. The van der Waals surface area contributed by atoms with Gasteiger partial charge in [0, 0.05) is 22.7 Å². The Labute approximate surface area is 145 Å². The lowest BCUT2D eigenvalue weighted by Gasteiger charge is -2.14. The molecule has 0 fully saturated rings. The van der Waals surface area contributed by atoms with Crippen LogP contribution in [-0.4, -0.2) is 0 Å². The Bertz CT molecular complexity index is 836. The second-order valence-electron chi connectivity index (χ2n) is 5.43. The predicted octanol–water partition coefficient (Wildman–Crippen LogP) is 5.18. The summed E-state index contributed by atoms with van der Waals surface area (Å²) in [5.41, 5.74) is 8.74. The summed E-state index contributed by atoms with van der Waals surface area (Å²) in [6.07, 6.45) is 0. The number of nitrogens with two attached hydrogens (primary N) is 1. The maximum Gasteiger partial charge on any atom is 0.131 e. The van der Waals surface area contributed by atoms with Gasteiger partial charge in [0.15, 0.2) is 0 Å². The third-order valence-electron chi connectivity index (χ3n) is 3.74. The molecule has 3 rings (SSSR count). The lowest BCUT2D eigenvalue weighted by atomic mass is 10.0. The van der Waals surface area contributed by atoms with E-state index in [1.807, 2.05) is 48.5 Å². The number of hydrogen-bond acceptors (Lipinski definition) is 2. The summed E-state index contributed by atoms with van der Waals surface area (Å²) in [4.78, 5) is 0. The van der Waals surface area contributed by atoms with Gasteiger partial charge in [0.25, 0.3) is 0 Å². The van der Waals surface area contributed by atoms with Crippen LogP contribution >= 0.6 is 11.6 Å². The van der Waals surface area contributed by atoms with E-state index in [0.717, 1.165) is 11.1 Å². The molecule has 0 atom stereocenters. The first kappa shape index (κ1) is 16.5. The van der Waals surface area contributed by atoms with Crippen molar-refractivity contribution in [1.29, 1.82) is 0 Å². The Morgan fingerprint density at radius 2 is 1.67 bits per heavy atom. The zero-order valence-corrected chi connectivity index (χ0v) is 13.8. The third kappa shape index (κ3) is 3.75. The first-order valence-electron chi connectivity index (χ1n) is 7.62. The first-order valence-corrected chi connectivity index (χ1v) is 8.00. The van der Waals surface area contributed by atoms with E-state index < -0.39 is 0 Å². The lowest BCUT2D eigenvalue weighted by molar-refractivity contribution is 0.307. The van der Waals surface area contributed by atoms with Crippen molar-refractivity contribution < 1.29 is 9.13 Å².